The maximum Gasteiger partial charge on any atom is 0.425 e. The van der Waals surface area contributed by atoms with Crippen molar-refractivity contribution in [2.24, 2.45) is 0 Å². The van der Waals surface area contributed by atoms with E-state index in [1.165, 1.54) is 19.2 Å². The summed E-state index contributed by atoms with van der Waals surface area (Å²) in [6, 6.07) is 9.22. The van der Waals surface area contributed by atoms with E-state index in [0.717, 1.165) is 13.1 Å². The molecule has 0 aliphatic heterocycles. The molecule has 3 aromatic rings. The van der Waals surface area contributed by atoms with Crippen molar-refractivity contribution in [2.75, 3.05) is 7.11 Å². The number of aromatic nitrogens is 2. The van der Waals surface area contributed by atoms with Gasteiger partial charge in [-0.3, -0.25) is 4.79 Å². The molecule has 1 aromatic carbocycles. The van der Waals surface area contributed by atoms with Crippen molar-refractivity contribution in [1.29, 1.82) is 0 Å². The minimum absolute atomic E-state index is 0.0226. The topological polar surface area (TPSA) is 86.5 Å². The van der Waals surface area contributed by atoms with E-state index in [-0.39, 0.29) is 29.4 Å². The van der Waals surface area contributed by atoms with Gasteiger partial charge in [-0.2, -0.15) is 13.2 Å². The fraction of sp³-hybridized carbons (Fsp3) is 0.250. The highest BCUT2D eigenvalue weighted by molar-refractivity contribution is 6.30. The summed E-state index contributed by atoms with van der Waals surface area (Å²) in [5.41, 5.74) is 0.807. The summed E-state index contributed by atoms with van der Waals surface area (Å²) in [7, 11) is 1.42. The number of ether oxygens (including phenoxy) is 2. The van der Waals surface area contributed by atoms with Crippen LogP contribution in [0.1, 0.15) is 23.0 Å². The van der Waals surface area contributed by atoms with Gasteiger partial charge >= 0.3 is 6.18 Å². The predicted octanol–water partition coefficient (Wildman–Crippen LogP) is 4.66. The van der Waals surface area contributed by atoms with Gasteiger partial charge in [0.1, 0.15) is 0 Å². The van der Waals surface area contributed by atoms with Crippen LogP contribution in [0, 0.1) is 0 Å². The standard InChI is InChI=1S/C20H17ClF3N3O4/c1-11(20(22,23)24)30-19-16(12-3-5-14(21)6-4-12)7-13(9-26-19)18(28)25-10-15-8-17(29-2)27-31-15/h3-9,11H,10H2,1-2H3,(H,25,28). The van der Waals surface area contributed by atoms with Crippen molar-refractivity contribution >= 4 is 17.5 Å². The summed E-state index contributed by atoms with van der Waals surface area (Å²) in [4.78, 5) is 16.5. The number of methoxy groups -OCH3 is 1. The molecule has 0 saturated heterocycles. The first kappa shape index (κ1) is 22.4. The Hall–Kier alpha value is -3.27. The van der Waals surface area contributed by atoms with Crippen LogP contribution < -0.4 is 14.8 Å². The van der Waals surface area contributed by atoms with Crippen LogP contribution in [-0.2, 0) is 6.54 Å². The Balaban J connectivity index is 1.86. The monoisotopic (exact) mass is 455 g/mol. The molecule has 1 atom stereocenters. The van der Waals surface area contributed by atoms with Crippen molar-refractivity contribution in [3.05, 3.63) is 58.9 Å². The van der Waals surface area contributed by atoms with E-state index in [0.29, 0.717) is 16.3 Å². The van der Waals surface area contributed by atoms with E-state index in [2.05, 4.69) is 15.5 Å². The first-order chi connectivity index (χ1) is 14.7. The molecule has 7 nitrogen and oxygen atoms in total. The summed E-state index contributed by atoms with van der Waals surface area (Å²) in [6.45, 7) is 0.897. The van der Waals surface area contributed by atoms with Gasteiger partial charge in [-0.05, 0) is 35.8 Å². The van der Waals surface area contributed by atoms with Gasteiger partial charge in [0.2, 0.25) is 5.88 Å². The Labute approximate surface area is 180 Å². The second-order valence-corrected chi connectivity index (χ2v) is 6.84. The smallest absolute Gasteiger partial charge is 0.425 e. The fourth-order valence-electron chi connectivity index (χ4n) is 2.48. The van der Waals surface area contributed by atoms with Gasteiger partial charge in [0, 0.05) is 22.8 Å². The third kappa shape index (κ3) is 5.66. The molecule has 1 N–H and O–H groups in total. The Morgan fingerprint density at radius 1 is 1.26 bits per heavy atom. The van der Waals surface area contributed by atoms with Crippen LogP contribution in [0.15, 0.2) is 47.1 Å². The zero-order chi connectivity index (χ0) is 22.6. The number of hydrogen-bond donors (Lipinski definition) is 1. The Morgan fingerprint density at radius 2 is 1.97 bits per heavy atom. The number of pyridine rings is 1. The van der Waals surface area contributed by atoms with E-state index >= 15 is 0 Å². The Bertz CT molecular complexity index is 1050. The van der Waals surface area contributed by atoms with E-state index in [1.54, 1.807) is 24.3 Å². The van der Waals surface area contributed by atoms with E-state index in [1.807, 2.05) is 0 Å². The third-order valence-corrected chi connectivity index (χ3v) is 4.44. The molecule has 0 fully saturated rings. The lowest BCUT2D eigenvalue weighted by molar-refractivity contribution is -0.189. The molecule has 0 aliphatic rings. The molecule has 1 unspecified atom stereocenters. The molecule has 164 valence electrons. The molecule has 0 spiro atoms. The van der Waals surface area contributed by atoms with Crippen LogP contribution in [0.5, 0.6) is 11.8 Å². The average Bonchev–Trinajstić information content (AvgIpc) is 3.20. The van der Waals surface area contributed by atoms with Gasteiger partial charge in [-0.1, -0.05) is 23.7 Å². The van der Waals surface area contributed by atoms with Crippen LogP contribution in [0.25, 0.3) is 11.1 Å². The fourth-order valence-corrected chi connectivity index (χ4v) is 2.61. The van der Waals surface area contributed by atoms with Gasteiger partial charge in [-0.25, -0.2) is 4.98 Å². The molecule has 0 aliphatic carbocycles. The molecule has 2 heterocycles. The number of alkyl halides is 3. The summed E-state index contributed by atoms with van der Waals surface area (Å²) in [5.74, 6) is -0.163. The first-order valence-corrected chi connectivity index (χ1v) is 9.32. The number of nitrogens with zero attached hydrogens (tertiary/aromatic N) is 2. The van der Waals surface area contributed by atoms with Crippen LogP contribution in [0.3, 0.4) is 0 Å². The summed E-state index contributed by atoms with van der Waals surface area (Å²) in [6.07, 6.45) is -5.53. The number of benzene rings is 1. The van der Waals surface area contributed by atoms with E-state index in [4.69, 9.17) is 25.6 Å². The molecule has 11 heteroatoms. The van der Waals surface area contributed by atoms with Gasteiger partial charge in [0.25, 0.3) is 11.8 Å². The molecule has 0 radical (unpaired) electrons. The molecule has 3 rings (SSSR count). The summed E-state index contributed by atoms with van der Waals surface area (Å²) in [5, 5.41) is 6.68. The zero-order valence-corrected chi connectivity index (χ0v) is 17.1. The molecule has 0 saturated carbocycles. The van der Waals surface area contributed by atoms with Crippen molar-refractivity contribution in [1.82, 2.24) is 15.5 Å². The largest absolute Gasteiger partial charge is 0.479 e. The highest BCUT2D eigenvalue weighted by Crippen LogP contribution is 2.33. The van der Waals surface area contributed by atoms with Crippen LogP contribution in [0.2, 0.25) is 5.02 Å². The number of nitrogens with one attached hydrogen (secondary N) is 1. The lowest BCUT2D eigenvalue weighted by atomic mass is 10.0. The number of hydrogen-bond acceptors (Lipinski definition) is 6. The number of rotatable bonds is 7. The highest BCUT2D eigenvalue weighted by Gasteiger charge is 2.38. The van der Waals surface area contributed by atoms with Crippen molar-refractivity contribution in [3.8, 4) is 22.9 Å². The molecule has 2 aromatic heterocycles. The summed E-state index contributed by atoms with van der Waals surface area (Å²) < 4.78 is 53.8. The molecule has 0 bridgehead atoms. The van der Waals surface area contributed by atoms with E-state index < -0.39 is 18.2 Å². The first-order valence-electron chi connectivity index (χ1n) is 8.94. The van der Waals surface area contributed by atoms with Crippen LogP contribution >= 0.6 is 11.6 Å². The highest BCUT2D eigenvalue weighted by atomic mass is 35.5. The minimum atomic E-state index is -4.58. The van der Waals surface area contributed by atoms with Gasteiger partial charge < -0.3 is 19.3 Å². The maximum atomic E-state index is 13.0. The van der Waals surface area contributed by atoms with Crippen molar-refractivity contribution in [3.63, 3.8) is 0 Å². The van der Waals surface area contributed by atoms with Gasteiger partial charge in [0.15, 0.2) is 11.9 Å². The number of halogens is 4. The molecular formula is C20H17ClF3N3O4. The van der Waals surface area contributed by atoms with Crippen molar-refractivity contribution in [2.45, 2.75) is 25.7 Å². The Kier molecular flexibility index (Phi) is 6.69. The minimum Gasteiger partial charge on any atom is -0.479 e. The lowest BCUT2D eigenvalue weighted by Gasteiger charge is -2.19. The zero-order valence-electron chi connectivity index (χ0n) is 16.4. The molecule has 31 heavy (non-hydrogen) atoms. The van der Waals surface area contributed by atoms with Crippen molar-refractivity contribution < 1.29 is 32.0 Å². The van der Waals surface area contributed by atoms with Crippen LogP contribution in [-0.4, -0.2) is 35.4 Å². The Morgan fingerprint density at radius 3 is 2.58 bits per heavy atom. The molecular weight excluding hydrogens is 439 g/mol. The van der Waals surface area contributed by atoms with E-state index in [9.17, 15) is 18.0 Å². The quantitative estimate of drug-likeness (QED) is 0.557. The maximum absolute atomic E-state index is 13.0. The van der Waals surface area contributed by atoms with Gasteiger partial charge in [-0.15, -0.1) is 0 Å². The SMILES string of the molecule is COc1cc(CNC(=O)c2cnc(OC(C)C(F)(F)F)c(-c3ccc(Cl)cc3)c2)on1. The summed E-state index contributed by atoms with van der Waals surface area (Å²) >= 11 is 5.89. The number of carbonyl (C=O) groups excluding carboxylic acids is 1. The normalized spacial score (nSPS) is 12.3. The average molecular weight is 456 g/mol. The second-order valence-electron chi connectivity index (χ2n) is 6.40. The van der Waals surface area contributed by atoms with Gasteiger partial charge in [0.05, 0.1) is 19.2 Å². The second kappa shape index (κ2) is 9.25. The lowest BCUT2D eigenvalue weighted by Crippen LogP contribution is -2.31. The van der Waals surface area contributed by atoms with Crippen LogP contribution in [0.4, 0.5) is 13.2 Å². The molecule has 1 amide bonds. The number of carbonyl (C=O) groups is 1. The predicted molar refractivity (Wildman–Crippen MR) is 105 cm³/mol. The third-order valence-electron chi connectivity index (χ3n) is 4.19. The number of amides is 1.